The molecule has 0 rings (SSSR count). The Morgan fingerprint density at radius 3 is 1.83 bits per heavy atom. The van der Waals surface area contributed by atoms with Crippen molar-refractivity contribution in [3.8, 4) is 0 Å². The van der Waals surface area contributed by atoms with Crippen LogP contribution in [0.2, 0.25) is 0 Å². The van der Waals surface area contributed by atoms with Crippen molar-refractivity contribution in [2.75, 3.05) is 6.54 Å². The van der Waals surface area contributed by atoms with E-state index in [4.69, 9.17) is 0 Å². The highest BCUT2D eigenvalue weighted by Gasteiger charge is 2.09. The van der Waals surface area contributed by atoms with Gasteiger partial charge in [-0.2, -0.15) is 0 Å². The molecule has 0 unspecified atom stereocenters. The summed E-state index contributed by atoms with van der Waals surface area (Å²) < 4.78 is 0. The van der Waals surface area contributed by atoms with Gasteiger partial charge in [-0.15, -0.1) is 0 Å². The fourth-order valence-corrected chi connectivity index (χ4v) is 1.95. The van der Waals surface area contributed by atoms with Crippen LogP contribution in [-0.4, -0.2) is 12.5 Å². The number of hydrogen-bond donors (Lipinski definition) is 1. The van der Waals surface area contributed by atoms with Gasteiger partial charge in [0.25, 0.3) is 0 Å². The van der Waals surface area contributed by atoms with E-state index >= 15 is 0 Å². The van der Waals surface area contributed by atoms with Gasteiger partial charge in [-0.1, -0.05) is 45.6 Å². The van der Waals surface area contributed by atoms with Gasteiger partial charge in [0.1, 0.15) is 0 Å². The first kappa shape index (κ1) is 17.2. The summed E-state index contributed by atoms with van der Waals surface area (Å²) in [5.41, 5.74) is 2.33. The zero-order chi connectivity index (χ0) is 13.8. The summed E-state index contributed by atoms with van der Waals surface area (Å²) in [6.45, 7) is 9.34. The molecule has 1 N–H and O–H groups in total. The Hall–Kier alpha value is -0.790. The predicted molar refractivity (Wildman–Crippen MR) is 79.7 cm³/mol. The van der Waals surface area contributed by atoms with Crippen molar-refractivity contribution < 1.29 is 4.79 Å². The number of rotatable bonds is 10. The highest BCUT2D eigenvalue weighted by molar-refractivity contribution is 5.93. The Bertz CT molecular complexity index is 246. The van der Waals surface area contributed by atoms with E-state index in [1.165, 1.54) is 31.3 Å². The highest BCUT2D eigenvalue weighted by Crippen LogP contribution is 2.19. The molecule has 0 aliphatic rings. The van der Waals surface area contributed by atoms with Gasteiger partial charge in [0.05, 0.1) is 0 Å². The van der Waals surface area contributed by atoms with Gasteiger partial charge in [0, 0.05) is 12.1 Å². The molecule has 1 amide bonds. The second kappa shape index (κ2) is 11.3. The van der Waals surface area contributed by atoms with Crippen molar-refractivity contribution in [2.24, 2.45) is 0 Å². The number of carbonyl (C=O) groups is 1. The Balaban J connectivity index is 4.44. The van der Waals surface area contributed by atoms with Crippen LogP contribution in [0.5, 0.6) is 0 Å². The van der Waals surface area contributed by atoms with Gasteiger partial charge in [-0.05, 0) is 39.0 Å². The summed E-state index contributed by atoms with van der Waals surface area (Å²) in [6.07, 6.45) is 9.14. The summed E-state index contributed by atoms with van der Waals surface area (Å²) >= 11 is 0. The van der Waals surface area contributed by atoms with Crippen LogP contribution in [0, 0.1) is 0 Å². The van der Waals surface area contributed by atoms with E-state index in [2.05, 4.69) is 26.1 Å². The average molecular weight is 253 g/mol. The minimum absolute atomic E-state index is 0.144. The van der Waals surface area contributed by atoms with Crippen LogP contribution in [-0.2, 0) is 4.79 Å². The molecule has 0 atom stereocenters. The van der Waals surface area contributed by atoms with Crippen molar-refractivity contribution in [2.45, 2.75) is 79.1 Å². The lowest BCUT2D eigenvalue weighted by molar-refractivity contribution is -0.117. The molecule has 0 saturated carbocycles. The van der Waals surface area contributed by atoms with E-state index in [0.717, 1.165) is 37.8 Å². The Kier molecular flexibility index (Phi) is 10.8. The maximum Gasteiger partial charge on any atom is 0.246 e. The Morgan fingerprint density at radius 1 is 0.889 bits per heavy atom. The summed E-state index contributed by atoms with van der Waals surface area (Å²) in [5, 5.41) is 3.02. The maximum absolute atomic E-state index is 12.0. The van der Waals surface area contributed by atoms with Crippen LogP contribution in [0.3, 0.4) is 0 Å². The first-order valence-corrected chi connectivity index (χ1v) is 7.64. The smallest absolute Gasteiger partial charge is 0.246 e. The molecule has 0 heterocycles. The Labute approximate surface area is 113 Å². The molecule has 18 heavy (non-hydrogen) atoms. The Morgan fingerprint density at radius 2 is 1.39 bits per heavy atom. The molecule has 2 nitrogen and oxygen atoms in total. The van der Waals surface area contributed by atoms with Gasteiger partial charge in [-0.3, -0.25) is 4.79 Å². The molecule has 0 aromatic heterocycles. The lowest BCUT2D eigenvalue weighted by Gasteiger charge is -2.12. The van der Waals surface area contributed by atoms with E-state index in [1.807, 2.05) is 6.92 Å². The molecule has 0 fully saturated rings. The number of nitrogens with one attached hydrogen (secondary N) is 1. The summed E-state index contributed by atoms with van der Waals surface area (Å²) in [7, 11) is 0. The van der Waals surface area contributed by atoms with Crippen LogP contribution in [0.15, 0.2) is 11.1 Å². The van der Waals surface area contributed by atoms with Crippen molar-refractivity contribution >= 4 is 5.91 Å². The molecule has 106 valence electrons. The first-order chi connectivity index (χ1) is 8.67. The fraction of sp³-hybridized carbons (Fsp3) is 0.812. The zero-order valence-corrected chi connectivity index (χ0v) is 12.8. The first-order valence-electron chi connectivity index (χ1n) is 7.64. The molecule has 0 bridgehead atoms. The molecule has 0 aromatic carbocycles. The number of amides is 1. The molecule has 0 radical (unpaired) electrons. The second-order valence-electron chi connectivity index (χ2n) is 5.05. The van der Waals surface area contributed by atoms with Crippen LogP contribution in [0.4, 0.5) is 0 Å². The molecule has 0 aromatic rings. The number of carbonyl (C=O) groups excluding carboxylic acids is 1. The predicted octanol–water partition coefficient (Wildman–Crippen LogP) is 4.60. The third kappa shape index (κ3) is 7.52. The lowest BCUT2D eigenvalue weighted by atomic mass is 9.97. The molecule has 0 aliphatic heterocycles. The third-order valence-corrected chi connectivity index (χ3v) is 3.35. The summed E-state index contributed by atoms with van der Waals surface area (Å²) in [5.74, 6) is 0.144. The van der Waals surface area contributed by atoms with Crippen LogP contribution in [0.1, 0.15) is 79.1 Å². The molecule has 2 heteroatoms. The van der Waals surface area contributed by atoms with Crippen molar-refractivity contribution in [3.05, 3.63) is 11.1 Å². The van der Waals surface area contributed by atoms with E-state index in [-0.39, 0.29) is 5.91 Å². The minimum Gasteiger partial charge on any atom is -0.352 e. The van der Waals surface area contributed by atoms with Crippen LogP contribution < -0.4 is 5.32 Å². The topological polar surface area (TPSA) is 29.1 Å². The van der Waals surface area contributed by atoms with Crippen LogP contribution >= 0.6 is 0 Å². The zero-order valence-electron chi connectivity index (χ0n) is 12.8. The highest BCUT2D eigenvalue weighted by atomic mass is 16.1. The largest absolute Gasteiger partial charge is 0.352 e. The minimum atomic E-state index is 0.144. The molecule has 0 aliphatic carbocycles. The van der Waals surface area contributed by atoms with Gasteiger partial charge in [0.15, 0.2) is 0 Å². The van der Waals surface area contributed by atoms with Crippen molar-refractivity contribution in [1.82, 2.24) is 5.32 Å². The molecule has 0 spiro atoms. The van der Waals surface area contributed by atoms with Crippen molar-refractivity contribution in [1.29, 1.82) is 0 Å². The quantitative estimate of drug-likeness (QED) is 0.447. The average Bonchev–Trinajstić information content (AvgIpc) is 2.38. The SMILES string of the molecule is CCCCNC(=O)C(C)=C(CCCC)CCCC. The van der Waals surface area contributed by atoms with E-state index in [9.17, 15) is 4.79 Å². The van der Waals surface area contributed by atoms with Gasteiger partial charge >= 0.3 is 0 Å². The summed E-state index contributed by atoms with van der Waals surface area (Å²) in [4.78, 5) is 12.0. The fourth-order valence-electron chi connectivity index (χ4n) is 1.95. The van der Waals surface area contributed by atoms with E-state index < -0.39 is 0 Å². The second-order valence-corrected chi connectivity index (χ2v) is 5.05. The number of allylic oxidation sites excluding steroid dienone is 1. The molecule has 0 saturated heterocycles. The number of unbranched alkanes of at least 4 members (excludes halogenated alkanes) is 3. The molecular weight excluding hydrogens is 222 g/mol. The number of hydrogen-bond acceptors (Lipinski definition) is 1. The maximum atomic E-state index is 12.0. The van der Waals surface area contributed by atoms with Gasteiger partial charge < -0.3 is 5.32 Å². The van der Waals surface area contributed by atoms with Crippen LogP contribution in [0.25, 0.3) is 0 Å². The normalized spacial score (nSPS) is 10.2. The monoisotopic (exact) mass is 253 g/mol. The lowest BCUT2D eigenvalue weighted by Crippen LogP contribution is -2.25. The molecular formula is C16H31NO. The summed E-state index contributed by atoms with van der Waals surface area (Å²) in [6, 6.07) is 0. The van der Waals surface area contributed by atoms with Gasteiger partial charge in [0.2, 0.25) is 5.91 Å². The van der Waals surface area contributed by atoms with Crippen molar-refractivity contribution in [3.63, 3.8) is 0 Å². The van der Waals surface area contributed by atoms with E-state index in [0.29, 0.717) is 0 Å². The van der Waals surface area contributed by atoms with E-state index in [1.54, 1.807) is 0 Å². The third-order valence-electron chi connectivity index (χ3n) is 3.35. The standard InChI is InChI=1S/C16H31NO/c1-5-8-11-15(12-9-6-2)14(4)16(18)17-13-10-7-3/h5-13H2,1-4H3,(H,17,18). The van der Waals surface area contributed by atoms with Gasteiger partial charge in [-0.25, -0.2) is 0 Å².